The van der Waals surface area contributed by atoms with Gasteiger partial charge in [0.15, 0.2) is 0 Å². The molecule has 2 heterocycles. The second-order valence-corrected chi connectivity index (χ2v) is 7.84. The predicted octanol–water partition coefficient (Wildman–Crippen LogP) is 2.70. The maximum absolute atomic E-state index is 13.0. The number of rotatable bonds is 6. The van der Waals surface area contributed by atoms with Gasteiger partial charge in [-0.25, -0.2) is 4.39 Å². The first-order valence-electron chi connectivity index (χ1n) is 8.88. The average molecular weight is 389 g/mol. The number of carbonyl (C=O) groups excluding carboxylic acids is 2. The molecule has 1 aromatic carbocycles. The third-order valence-corrected chi connectivity index (χ3v) is 5.94. The van der Waals surface area contributed by atoms with Crippen LogP contribution in [-0.4, -0.2) is 18.4 Å². The van der Waals surface area contributed by atoms with Gasteiger partial charge in [-0.05, 0) is 42.5 Å². The van der Waals surface area contributed by atoms with E-state index in [2.05, 4.69) is 10.6 Å². The highest BCUT2D eigenvalue weighted by Crippen LogP contribution is 2.41. The van der Waals surface area contributed by atoms with Gasteiger partial charge in [0.1, 0.15) is 17.0 Å². The van der Waals surface area contributed by atoms with Crippen molar-refractivity contribution in [2.75, 3.05) is 11.9 Å². The summed E-state index contributed by atoms with van der Waals surface area (Å²) >= 11 is 1.33. The van der Waals surface area contributed by atoms with Crippen LogP contribution in [0.5, 0.6) is 0 Å². The highest BCUT2D eigenvalue weighted by Gasteiger charge is 2.34. The van der Waals surface area contributed by atoms with Crippen molar-refractivity contribution in [3.63, 3.8) is 0 Å². The average Bonchev–Trinajstić information content (AvgIpc) is 3.42. The van der Waals surface area contributed by atoms with Crippen LogP contribution >= 0.6 is 11.3 Å². The molecule has 142 valence electrons. The van der Waals surface area contributed by atoms with E-state index in [4.69, 9.17) is 10.5 Å². The number of hydrogen-bond acceptors (Lipinski definition) is 5. The van der Waals surface area contributed by atoms with Crippen molar-refractivity contribution in [2.24, 2.45) is 11.7 Å². The Labute approximate surface area is 159 Å². The highest BCUT2D eigenvalue weighted by molar-refractivity contribution is 7.17. The maximum Gasteiger partial charge on any atom is 0.251 e. The van der Waals surface area contributed by atoms with Crippen LogP contribution in [0.25, 0.3) is 0 Å². The van der Waals surface area contributed by atoms with E-state index in [1.165, 1.54) is 23.5 Å². The molecule has 2 aromatic rings. The number of benzene rings is 1. The van der Waals surface area contributed by atoms with Gasteiger partial charge in [0.2, 0.25) is 5.91 Å². The first kappa shape index (κ1) is 18.1. The molecule has 0 radical (unpaired) electrons. The number of nitrogens with two attached hydrogens (primary N) is 1. The van der Waals surface area contributed by atoms with Crippen LogP contribution in [0.2, 0.25) is 0 Å². The van der Waals surface area contributed by atoms with Gasteiger partial charge in [-0.2, -0.15) is 0 Å². The fourth-order valence-corrected chi connectivity index (χ4v) is 4.45. The zero-order chi connectivity index (χ0) is 19.0. The largest absolute Gasteiger partial charge is 0.365 e. The van der Waals surface area contributed by atoms with Crippen LogP contribution in [0.3, 0.4) is 0 Å². The smallest absolute Gasteiger partial charge is 0.251 e. The molecule has 1 aliphatic carbocycles. The van der Waals surface area contributed by atoms with E-state index in [1.54, 1.807) is 12.1 Å². The molecule has 8 heteroatoms. The summed E-state index contributed by atoms with van der Waals surface area (Å²) in [7, 11) is 0. The van der Waals surface area contributed by atoms with Gasteiger partial charge in [-0.15, -0.1) is 11.3 Å². The second kappa shape index (κ2) is 7.38. The monoisotopic (exact) mass is 389 g/mol. The normalized spacial score (nSPS) is 18.8. The molecule has 0 spiro atoms. The van der Waals surface area contributed by atoms with Crippen molar-refractivity contribution in [1.82, 2.24) is 5.32 Å². The lowest BCUT2D eigenvalue weighted by Gasteiger charge is -2.24. The molecule has 1 saturated carbocycles. The number of fused-ring (bicyclic) bond motifs is 1. The lowest BCUT2D eigenvalue weighted by Crippen LogP contribution is -2.28. The van der Waals surface area contributed by atoms with Gasteiger partial charge in [0.05, 0.1) is 17.0 Å². The molecule has 2 amide bonds. The van der Waals surface area contributed by atoms with E-state index in [1.807, 2.05) is 0 Å². The fourth-order valence-electron chi connectivity index (χ4n) is 3.17. The zero-order valence-corrected chi connectivity index (χ0v) is 15.4. The Hall–Kier alpha value is -2.29. The summed E-state index contributed by atoms with van der Waals surface area (Å²) in [5.41, 5.74) is 7.74. The van der Waals surface area contributed by atoms with Crippen molar-refractivity contribution in [1.29, 1.82) is 0 Å². The Morgan fingerprint density at radius 1 is 1.26 bits per heavy atom. The lowest BCUT2D eigenvalue weighted by atomic mass is 10.0. The molecule has 0 bridgehead atoms. The molecule has 0 saturated heterocycles. The molecule has 1 fully saturated rings. The third-order valence-electron chi connectivity index (χ3n) is 4.75. The molecular weight excluding hydrogens is 369 g/mol. The van der Waals surface area contributed by atoms with Gasteiger partial charge >= 0.3 is 0 Å². The molecule has 27 heavy (non-hydrogen) atoms. The standard InChI is InChI=1S/C19H20FN3O3S/c20-12-5-1-10(2-6-12)9-22-18-15-13(7-8-26-18)14(16(21)24)19(27-15)23-17(25)11-3-4-11/h1-2,5-6,11,18,22H,3-4,7-9H2,(H2,21,24)(H,23,25). The molecule has 6 nitrogen and oxygen atoms in total. The Balaban J connectivity index is 1.56. The number of halogens is 1. The van der Waals surface area contributed by atoms with Crippen LogP contribution < -0.4 is 16.4 Å². The summed E-state index contributed by atoms with van der Waals surface area (Å²) in [6.45, 7) is 0.930. The summed E-state index contributed by atoms with van der Waals surface area (Å²) < 4.78 is 18.9. The van der Waals surface area contributed by atoms with Gasteiger partial charge < -0.3 is 15.8 Å². The fraction of sp³-hybridized carbons (Fsp3) is 0.368. The third kappa shape index (κ3) is 3.87. The summed E-state index contributed by atoms with van der Waals surface area (Å²) in [5.74, 6) is -0.852. The predicted molar refractivity (Wildman–Crippen MR) is 99.8 cm³/mol. The Morgan fingerprint density at radius 3 is 2.67 bits per heavy atom. The SMILES string of the molecule is NC(=O)c1c(NC(=O)C2CC2)sc2c1CCOC2NCc1ccc(F)cc1. The number of primary amides is 1. The Morgan fingerprint density at radius 2 is 2.00 bits per heavy atom. The number of amides is 2. The summed E-state index contributed by atoms with van der Waals surface area (Å²) in [5, 5.41) is 6.65. The van der Waals surface area contributed by atoms with Crippen LogP contribution in [0.15, 0.2) is 24.3 Å². The number of anilines is 1. The first-order chi connectivity index (χ1) is 13.0. The van der Waals surface area contributed by atoms with Crippen LogP contribution in [0.4, 0.5) is 9.39 Å². The topological polar surface area (TPSA) is 93.5 Å². The van der Waals surface area contributed by atoms with Gasteiger partial charge in [0, 0.05) is 12.5 Å². The van der Waals surface area contributed by atoms with Gasteiger partial charge in [0.25, 0.3) is 5.91 Å². The van der Waals surface area contributed by atoms with Crippen molar-refractivity contribution in [3.05, 3.63) is 51.7 Å². The van der Waals surface area contributed by atoms with E-state index in [0.717, 1.165) is 28.8 Å². The number of nitrogens with one attached hydrogen (secondary N) is 2. The molecule has 4 N–H and O–H groups in total. The molecule has 4 rings (SSSR count). The van der Waals surface area contributed by atoms with E-state index < -0.39 is 12.1 Å². The van der Waals surface area contributed by atoms with Crippen LogP contribution in [-0.2, 0) is 22.5 Å². The quantitative estimate of drug-likeness (QED) is 0.708. The van der Waals surface area contributed by atoms with Gasteiger partial charge in [-0.3, -0.25) is 14.9 Å². The van der Waals surface area contributed by atoms with Crippen molar-refractivity contribution >= 4 is 28.2 Å². The van der Waals surface area contributed by atoms with Crippen molar-refractivity contribution in [2.45, 2.75) is 32.0 Å². The molecule has 1 aliphatic heterocycles. The molecule has 2 aliphatic rings. The Bertz CT molecular complexity index is 877. The maximum atomic E-state index is 13.0. The van der Waals surface area contributed by atoms with Crippen LogP contribution in [0, 0.1) is 11.7 Å². The lowest BCUT2D eigenvalue weighted by molar-refractivity contribution is -0.117. The van der Waals surface area contributed by atoms with E-state index >= 15 is 0 Å². The minimum Gasteiger partial charge on any atom is -0.365 e. The minimum atomic E-state index is -0.544. The molecule has 1 unspecified atom stereocenters. The number of hydrogen-bond donors (Lipinski definition) is 3. The molecular formula is C19H20FN3O3S. The van der Waals surface area contributed by atoms with Crippen molar-refractivity contribution in [3.8, 4) is 0 Å². The van der Waals surface area contributed by atoms with E-state index in [9.17, 15) is 14.0 Å². The Kier molecular flexibility index (Phi) is 4.94. The second-order valence-electron chi connectivity index (χ2n) is 6.78. The molecule has 1 atom stereocenters. The van der Waals surface area contributed by atoms with Crippen LogP contribution in [0.1, 0.15) is 45.4 Å². The summed E-state index contributed by atoms with van der Waals surface area (Å²) in [6, 6.07) is 6.23. The van der Waals surface area contributed by atoms with Gasteiger partial charge in [-0.1, -0.05) is 12.1 Å². The molecule has 1 aromatic heterocycles. The number of ether oxygens (including phenoxy) is 1. The summed E-state index contributed by atoms with van der Waals surface area (Å²) in [4.78, 5) is 25.0. The summed E-state index contributed by atoms with van der Waals surface area (Å²) in [6.07, 6.45) is 1.92. The number of thiophene rings is 1. The van der Waals surface area contributed by atoms with Crippen molar-refractivity contribution < 1.29 is 18.7 Å². The van der Waals surface area contributed by atoms with E-state index in [-0.39, 0.29) is 17.6 Å². The van der Waals surface area contributed by atoms with E-state index in [0.29, 0.717) is 30.1 Å². The highest BCUT2D eigenvalue weighted by atomic mass is 32.1. The number of carbonyl (C=O) groups is 2. The first-order valence-corrected chi connectivity index (χ1v) is 9.70. The zero-order valence-electron chi connectivity index (χ0n) is 14.6. The minimum absolute atomic E-state index is 0.0357.